The highest BCUT2D eigenvalue weighted by Crippen LogP contribution is 2.17. The highest BCUT2D eigenvalue weighted by atomic mass is 79.9. The molecule has 3 aromatic rings. The van der Waals surface area contributed by atoms with Gasteiger partial charge in [0.05, 0.1) is 12.0 Å². The van der Waals surface area contributed by atoms with E-state index in [4.69, 9.17) is 0 Å². The third-order valence-corrected chi connectivity index (χ3v) is 4.14. The van der Waals surface area contributed by atoms with Crippen molar-refractivity contribution < 1.29 is 13.6 Å². The van der Waals surface area contributed by atoms with Gasteiger partial charge in [-0.1, -0.05) is 40.2 Å². The van der Waals surface area contributed by atoms with Crippen LogP contribution in [0.3, 0.4) is 0 Å². The van der Waals surface area contributed by atoms with Crippen LogP contribution >= 0.6 is 15.9 Å². The number of rotatable bonds is 5. The second-order valence-electron chi connectivity index (χ2n) is 5.39. The first-order valence-electron chi connectivity index (χ1n) is 7.66. The lowest BCUT2D eigenvalue weighted by Crippen LogP contribution is -2.08. The fourth-order valence-electron chi connectivity index (χ4n) is 2.29. The van der Waals surface area contributed by atoms with Crippen molar-refractivity contribution in [2.75, 3.05) is 0 Å². The second kappa shape index (κ2) is 8.01. The van der Waals surface area contributed by atoms with Crippen LogP contribution in [0.25, 0.3) is 11.8 Å². The van der Waals surface area contributed by atoms with Crippen LogP contribution in [0.5, 0.6) is 0 Å². The molecule has 130 valence electrons. The predicted molar refractivity (Wildman–Crippen MR) is 100 cm³/mol. The van der Waals surface area contributed by atoms with Crippen LogP contribution in [0.15, 0.2) is 77.8 Å². The van der Waals surface area contributed by atoms with Crippen LogP contribution in [-0.2, 0) is 0 Å². The van der Waals surface area contributed by atoms with Crippen molar-refractivity contribution in [2.24, 2.45) is 0 Å². The Bertz CT molecular complexity index is 978. The summed E-state index contributed by atoms with van der Waals surface area (Å²) in [4.78, 5) is 16.7. The van der Waals surface area contributed by atoms with E-state index in [1.807, 2.05) is 30.3 Å². The van der Waals surface area contributed by atoms with E-state index in [9.17, 15) is 13.6 Å². The van der Waals surface area contributed by atoms with Gasteiger partial charge in [0.25, 0.3) is 0 Å². The van der Waals surface area contributed by atoms with E-state index in [0.29, 0.717) is 0 Å². The number of Topliss-reactive ketones (excluding diaryl/α,β-unsaturated/α-hetero) is 1. The lowest BCUT2D eigenvalue weighted by atomic mass is 10.1. The van der Waals surface area contributed by atoms with Gasteiger partial charge in [0, 0.05) is 22.4 Å². The lowest BCUT2D eigenvalue weighted by Gasteiger charge is -2.07. The molecular weight excluding hydrogens is 402 g/mol. The Morgan fingerprint density at radius 3 is 2.50 bits per heavy atom. The molecule has 1 heterocycles. The highest BCUT2D eigenvalue weighted by Gasteiger charge is 2.15. The molecule has 0 bridgehead atoms. The number of halogens is 3. The third kappa shape index (κ3) is 4.21. The first-order valence-corrected chi connectivity index (χ1v) is 8.46. The molecule has 0 aliphatic carbocycles. The summed E-state index contributed by atoms with van der Waals surface area (Å²) in [5.41, 5.74) is 1.28. The Hall–Kier alpha value is -2.86. The molecule has 26 heavy (non-hydrogen) atoms. The van der Waals surface area contributed by atoms with E-state index in [0.717, 1.165) is 22.2 Å². The lowest BCUT2D eigenvalue weighted by molar-refractivity contribution is 0.105. The van der Waals surface area contributed by atoms with E-state index in [2.05, 4.69) is 20.9 Å². The summed E-state index contributed by atoms with van der Waals surface area (Å²) in [5, 5.41) is 0. The number of imidazole rings is 1. The van der Waals surface area contributed by atoms with E-state index in [1.54, 1.807) is 18.3 Å². The average molecular weight is 415 g/mol. The Labute approximate surface area is 157 Å². The second-order valence-corrected chi connectivity index (χ2v) is 6.31. The molecule has 0 atom stereocenters. The van der Waals surface area contributed by atoms with Crippen molar-refractivity contribution in [3.63, 3.8) is 0 Å². The van der Waals surface area contributed by atoms with Crippen molar-refractivity contribution in [2.45, 2.75) is 0 Å². The molecule has 3 rings (SSSR count). The van der Waals surface area contributed by atoms with Crippen molar-refractivity contribution >= 4 is 33.5 Å². The van der Waals surface area contributed by atoms with Crippen LogP contribution in [-0.4, -0.2) is 15.3 Å². The van der Waals surface area contributed by atoms with E-state index in [-0.39, 0.29) is 11.3 Å². The van der Waals surface area contributed by atoms with Gasteiger partial charge < -0.3 is 4.57 Å². The highest BCUT2D eigenvalue weighted by molar-refractivity contribution is 9.10. The van der Waals surface area contributed by atoms with Gasteiger partial charge in [0.1, 0.15) is 0 Å². The Balaban J connectivity index is 1.93. The van der Waals surface area contributed by atoms with Gasteiger partial charge in [-0.25, -0.2) is 13.8 Å². The monoisotopic (exact) mass is 414 g/mol. The number of allylic oxidation sites excluding steroid dienone is 3. The molecule has 0 aliphatic heterocycles. The molecule has 0 fully saturated rings. The summed E-state index contributed by atoms with van der Waals surface area (Å²) in [5.74, 6) is -2.50. The minimum Gasteiger partial charge on any atom is -0.303 e. The quantitative estimate of drug-likeness (QED) is 0.320. The third-order valence-electron chi connectivity index (χ3n) is 3.61. The number of nitrogens with zero attached hydrogens (tertiary/aromatic N) is 2. The van der Waals surface area contributed by atoms with Crippen molar-refractivity contribution in [3.05, 3.63) is 101 Å². The van der Waals surface area contributed by atoms with E-state index < -0.39 is 17.4 Å². The maximum absolute atomic E-state index is 13.5. The zero-order valence-electron chi connectivity index (χ0n) is 13.4. The summed E-state index contributed by atoms with van der Waals surface area (Å²) in [6, 6.07) is 10.7. The van der Waals surface area contributed by atoms with Crippen LogP contribution in [0.4, 0.5) is 8.78 Å². The minimum absolute atomic E-state index is 0.0564. The van der Waals surface area contributed by atoms with Gasteiger partial charge in [-0.15, -0.1) is 0 Å². The molecule has 0 aliphatic rings. The molecule has 0 radical (unpaired) electrons. The smallest absolute Gasteiger partial charge is 0.209 e. The molecule has 0 saturated carbocycles. The fraction of sp³-hybridized carbons (Fsp3) is 0. The van der Waals surface area contributed by atoms with Gasteiger partial charge in [-0.2, -0.15) is 0 Å². The largest absolute Gasteiger partial charge is 0.303 e. The van der Waals surface area contributed by atoms with Crippen LogP contribution in [0.1, 0.15) is 15.9 Å². The average Bonchev–Trinajstić information content (AvgIpc) is 3.16. The van der Waals surface area contributed by atoms with Crippen molar-refractivity contribution in [1.82, 2.24) is 9.55 Å². The summed E-state index contributed by atoms with van der Waals surface area (Å²) >= 11 is 3.37. The zero-order valence-corrected chi connectivity index (χ0v) is 15.0. The first-order chi connectivity index (χ1) is 12.5. The number of hydrogen-bond acceptors (Lipinski definition) is 2. The van der Waals surface area contributed by atoms with Gasteiger partial charge in [0.2, 0.25) is 5.78 Å². The van der Waals surface area contributed by atoms with Crippen molar-refractivity contribution in [3.8, 4) is 0 Å². The van der Waals surface area contributed by atoms with E-state index in [1.165, 1.54) is 23.2 Å². The van der Waals surface area contributed by atoms with Gasteiger partial charge >= 0.3 is 0 Å². The maximum Gasteiger partial charge on any atom is 0.209 e. The summed E-state index contributed by atoms with van der Waals surface area (Å²) in [6.45, 7) is 0. The number of benzene rings is 2. The Morgan fingerprint density at radius 2 is 1.85 bits per heavy atom. The van der Waals surface area contributed by atoms with Gasteiger partial charge in [-0.3, -0.25) is 4.79 Å². The molecule has 0 N–H and O–H groups in total. The summed E-state index contributed by atoms with van der Waals surface area (Å²) in [6.07, 6.45) is 9.77. The van der Waals surface area contributed by atoms with Crippen molar-refractivity contribution in [1.29, 1.82) is 0 Å². The standard InChI is InChI=1S/C20H13BrF2N2O/c21-16-7-4-14(5-8-16)2-1-3-19(25-11-10-24-13-25)20(26)15-6-9-17(22)18(23)12-15/h1-13H/b2-1+,19-3-. The van der Waals surface area contributed by atoms with Crippen LogP contribution < -0.4 is 0 Å². The number of ketones is 1. The number of carbonyl (C=O) groups is 1. The molecular formula is C20H13BrF2N2O. The number of hydrogen-bond donors (Lipinski definition) is 0. The molecule has 1 aromatic heterocycles. The van der Waals surface area contributed by atoms with Gasteiger partial charge in [-0.05, 0) is 42.0 Å². The predicted octanol–water partition coefficient (Wildman–Crippen LogP) is 5.36. The topological polar surface area (TPSA) is 34.9 Å². The molecule has 0 amide bonds. The SMILES string of the molecule is O=C(/C(=C/C=C/c1ccc(Br)cc1)n1ccnc1)c1ccc(F)c(F)c1. The molecule has 2 aromatic carbocycles. The fourth-order valence-corrected chi connectivity index (χ4v) is 2.55. The zero-order chi connectivity index (χ0) is 18.5. The normalized spacial score (nSPS) is 11.9. The maximum atomic E-state index is 13.5. The summed E-state index contributed by atoms with van der Waals surface area (Å²) < 4.78 is 29.1. The summed E-state index contributed by atoms with van der Waals surface area (Å²) in [7, 11) is 0. The molecule has 6 heteroatoms. The van der Waals surface area contributed by atoms with Gasteiger partial charge in [0.15, 0.2) is 11.6 Å². The number of aromatic nitrogens is 2. The minimum atomic E-state index is -1.06. The van der Waals surface area contributed by atoms with Crippen LogP contribution in [0, 0.1) is 11.6 Å². The Morgan fingerprint density at radius 1 is 1.08 bits per heavy atom. The Kier molecular flexibility index (Phi) is 5.53. The molecule has 0 spiro atoms. The number of carbonyl (C=O) groups excluding carboxylic acids is 1. The van der Waals surface area contributed by atoms with E-state index >= 15 is 0 Å². The molecule has 3 nitrogen and oxygen atoms in total. The van der Waals surface area contributed by atoms with Crippen LogP contribution in [0.2, 0.25) is 0 Å². The molecule has 0 unspecified atom stereocenters. The first kappa shape index (κ1) is 17.9. The molecule has 0 saturated heterocycles.